The van der Waals surface area contributed by atoms with Crippen molar-refractivity contribution in [1.82, 2.24) is 14.8 Å². The summed E-state index contributed by atoms with van der Waals surface area (Å²) in [7, 11) is -3.29. The highest BCUT2D eigenvalue weighted by Gasteiger charge is 2.27. The second-order valence-corrected chi connectivity index (χ2v) is 5.97. The van der Waals surface area contributed by atoms with Gasteiger partial charge in [-0.1, -0.05) is 13.8 Å². The summed E-state index contributed by atoms with van der Waals surface area (Å²) in [4.78, 5) is 0. The molecule has 1 aliphatic rings. The zero-order chi connectivity index (χ0) is 11.4. The number of hydrogen-bond donors (Lipinski definition) is 3. The smallest absolute Gasteiger partial charge is 0.276 e. The monoisotopic (exact) mass is 271 g/mol. The molecule has 0 atom stereocenters. The second kappa shape index (κ2) is 6.76. The van der Waals surface area contributed by atoms with Crippen molar-refractivity contribution in [3.05, 3.63) is 0 Å². The lowest BCUT2D eigenvalue weighted by Crippen LogP contribution is -2.45. The first kappa shape index (κ1) is 16.1. The van der Waals surface area contributed by atoms with Crippen LogP contribution in [-0.4, -0.2) is 34.6 Å². The molecule has 0 spiro atoms. The number of hydrogen-bond acceptors (Lipinski definition) is 3. The molecule has 98 valence electrons. The Balaban J connectivity index is 0.00000225. The molecular weight excluding hydrogens is 250 g/mol. The maximum absolute atomic E-state index is 11.4. The van der Waals surface area contributed by atoms with Crippen LogP contribution in [0.4, 0.5) is 0 Å². The third-order valence-corrected chi connectivity index (χ3v) is 4.03. The number of rotatable bonds is 5. The molecule has 1 heterocycles. The summed E-state index contributed by atoms with van der Waals surface area (Å²) in [6, 6.07) is 0. The Morgan fingerprint density at radius 1 is 1.25 bits per heavy atom. The normalized spacial score (nSPS) is 20.1. The summed E-state index contributed by atoms with van der Waals surface area (Å²) >= 11 is 0. The van der Waals surface area contributed by atoms with Crippen molar-refractivity contribution in [2.24, 2.45) is 5.41 Å². The van der Waals surface area contributed by atoms with E-state index in [1.54, 1.807) is 6.92 Å². The van der Waals surface area contributed by atoms with Crippen molar-refractivity contribution in [2.45, 2.75) is 26.7 Å². The summed E-state index contributed by atoms with van der Waals surface area (Å²) in [5.41, 5.74) is 0.0910. The molecule has 1 rings (SSSR count). The van der Waals surface area contributed by atoms with Gasteiger partial charge in [0.05, 0.1) is 0 Å². The Morgan fingerprint density at radius 3 is 2.31 bits per heavy atom. The van der Waals surface area contributed by atoms with Crippen molar-refractivity contribution in [3.63, 3.8) is 0 Å². The van der Waals surface area contributed by atoms with E-state index in [1.165, 1.54) is 0 Å². The lowest BCUT2D eigenvalue weighted by atomic mass is 9.81. The topological polar surface area (TPSA) is 70.2 Å². The second-order valence-electron chi connectivity index (χ2n) is 4.38. The van der Waals surface area contributed by atoms with Crippen LogP contribution >= 0.6 is 12.4 Å². The average molecular weight is 272 g/mol. The number of halogens is 1. The first-order valence-corrected chi connectivity index (χ1v) is 6.91. The van der Waals surface area contributed by atoms with E-state index in [1.807, 2.05) is 0 Å². The summed E-state index contributed by atoms with van der Waals surface area (Å²) < 4.78 is 27.8. The summed E-state index contributed by atoms with van der Waals surface area (Å²) in [6.45, 7) is 6.78. The van der Waals surface area contributed by atoms with Crippen LogP contribution in [0.25, 0.3) is 0 Å². The van der Waals surface area contributed by atoms with E-state index in [0.29, 0.717) is 13.1 Å². The molecular formula is C9H22ClN3O2S. The van der Waals surface area contributed by atoms with Gasteiger partial charge in [-0.25, -0.2) is 9.44 Å². The van der Waals surface area contributed by atoms with E-state index in [-0.39, 0.29) is 17.8 Å². The maximum atomic E-state index is 11.4. The van der Waals surface area contributed by atoms with Crippen LogP contribution in [-0.2, 0) is 10.2 Å². The van der Waals surface area contributed by atoms with E-state index >= 15 is 0 Å². The summed E-state index contributed by atoms with van der Waals surface area (Å²) in [5, 5.41) is 3.27. The highest BCUT2D eigenvalue weighted by molar-refractivity contribution is 7.87. The first-order chi connectivity index (χ1) is 6.97. The molecule has 0 aliphatic carbocycles. The van der Waals surface area contributed by atoms with Gasteiger partial charge < -0.3 is 5.32 Å². The summed E-state index contributed by atoms with van der Waals surface area (Å²) in [6.07, 6.45) is 2.03. The van der Waals surface area contributed by atoms with Crippen LogP contribution in [0.1, 0.15) is 26.7 Å². The average Bonchev–Trinajstić information content (AvgIpc) is 2.17. The van der Waals surface area contributed by atoms with E-state index in [4.69, 9.17) is 0 Å². The molecule has 0 radical (unpaired) electrons. The molecule has 0 saturated carbocycles. The molecule has 1 saturated heterocycles. The van der Waals surface area contributed by atoms with Gasteiger partial charge in [-0.15, -0.1) is 12.4 Å². The minimum absolute atomic E-state index is 0. The van der Waals surface area contributed by atoms with Crippen LogP contribution in [0.3, 0.4) is 0 Å². The van der Waals surface area contributed by atoms with Crippen LogP contribution in [0.5, 0.6) is 0 Å². The fourth-order valence-corrected chi connectivity index (χ4v) is 2.74. The highest BCUT2D eigenvalue weighted by Crippen LogP contribution is 2.26. The third kappa shape index (κ3) is 5.45. The largest absolute Gasteiger partial charge is 0.317 e. The van der Waals surface area contributed by atoms with Crippen molar-refractivity contribution >= 4 is 22.6 Å². The molecule has 3 N–H and O–H groups in total. The molecule has 0 bridgehead atoms. The van der Waals surface area contributed by atoms with Gasteiger partial charge in [-0.2, -0.15) is 8.42 Å². The van der Waals surface area contributed by atoms with Crippen molar-refractivity contribution in [3.8, 4) is 0 Å². The van der Waals surface area contributed by atoms with E-state index in [0.717, 1.165) is 25.9 Å². The van der Waals surface area contributed by atoms with Gasteiger partial charge >= 0.3 is 0 Å². The Labute approximate surface area is 104 Å². The zero-order valence-electron chi connectivity index (χ0n) is 9.88. The lowest BCUT2D eigenvalue weighted by molar-refractivity contribution is 0.232. The van der Waals surface area contributed by atoms with Gasteiger partial charge in [-0.3, -0.25) is 0 Å². The molecule has 0 amide bonds. The van der Waals surface area contributed by atoms with Gasteiger partial charge in [0.25, 0.3) is 10.2 Å². The Hall–Kier alpha value is 0.120. The Morgan fingerprint density at radius 2 is 1.81 bits per heavy atom. The quantitative estimate of drug-likeness (QED) is 0.671. The van der Waals surface area contributed by atoms with Crippen molar-refractivity contribution in [2.75, 3.05) is 26.2 Å². The van der Waals surface area contributed by atoms with E-state index in [9.17, 15) is 8.42 Å². The molecule has 5 nitrogen and oxygen atoms in total. The predicted molar refractivity (Wildman–Crippen MR) is 68.1 cm³/mol. The standard InChI is InChI=1S/C9H21N3O2S.ClH/c1-3-11-15(13,14)12-8-9(2)4-6-10-7-5-9;/h10-12H,3-8H2,1-2H3;1H. The molecule has 1 aliphatic heterocycles. The van der Waals surface area contributed by atoms with Crippen LogP contribution in [0.15, 0.2) is 0 Å². The lowest BCUT2D eigenvalue weighted by Gasteiger charge is -2.33. The van der Waals surface area contributed by atoms with Gasteiger partial charge in [0.1, 0.15) is 0 Å². The Bertz CT molecular complexity index is 289. The first-order valence-electron chi connectivity index (χ1n) is 5.42. The van der Waals surface area contributed by atoms with Crippen LogP contribution < -0.4 is 14.8 Å². The van der Waals surface area contributed by atoms with Crippen LogP contribution in [0.2, 0.25) is 0 Å². The van der Waals surface area contributed by atoms with Gasteiger partial charge in [0, 0.05) is 13.1 Å². The SMILES string of the molecule is CCNS(=O)(=O)NCC1(C)CCNCC1.Cl. The van der Waals surface area contributed by atoms with Crippen molar-refractivity contribution < 1.29 is 8.42 Å². The Kier molecular flexibility index (Phi) is 6.81. The highest BCUT2D eigenvalue weighted by atomic mass is 35.5. The molecule has 0 aromatic carbocycles. The fourth-order valence-electron chi connectivity index (χ4n) is 1.72. The molecule has 16 heavy (non-hydrogen) atoms. The zero-order valence-corrected chi connectivity index (χ0v) is 11.5. The molecule has 0 aromatic rings. The number of nitrogens with one attached hydrogen (secondary N) is 3. The molecule has 0 unspecified atom stereocenters. The predicted octanol–water partition coefficient (Wildman–Crippen LogP) is 0.242. The van der Waals surface area contributed by atoms with Crippen molar-refractivity contribution in [1.29, 1.82) is 0 Å². The van der Waals surface area contributed by atoms with E-state index < -0.39 is 10.2 Å². The fraction of sp³-hybridized carbons (Fsp3) is 1.00. The van der Waals surface area contributed by atoms with Gasteiger partial charge in [0.15, 0.2) is 0 Å². The third-order valence-electron chi connectivity index (χ3n) is 2.83. The number of piperidine rings is 1. The molecule has 1 fully saturated rings. The van der Waals surface area contributed by atoms with Gasteiger partial charge in [0.2, 0.25) is 0 Å². The minimum atomic E-state index is -3.29. The summed E-state index contributed by atoms with van der Waals surface area (Å²) in [5.74, 6) is 0. The molecule has 0 aromatic heterocycles. The van der Waals surface area contributed by atoms with E-state index in [2.05, 4.69) is 21.7 Å². The van der Waals surface area contributed by atoms with Crippen LogP contribution in [0, 0.1) is 5.41 Å². The minimum Gasteiger partial charge on any atom is -0.317 e. The molecule has 7 heteroatoms. The van der Waals surface area contributed by atoms with Gasteiger partial charge in [-0.05, 0) is 31.3 Å². The maximum Gasteiger partial charge on any atom is 0.276 e.